The van der Waals surface area contributed by atoms with E-state index in [-0.39, 0.29) is 18.0 Å². The Bertz CT molecular complexity index is 277. The van der Waals surface area contributed by atoms with Gasteiger partial charge in [0, 0.05) is 18.6 Å². The van der Waals surface area contributed by atoms with Crippen molar-refractivity contribution in [3.8, 4) is 0 Å². The van der Waals surface area contributed by atoms with Gasteiger partial charge in [0.25, 0.3) is 0 Å². The number of amides is 1. The van der Waals surface area contributed by atoms with E-state index in [1.807, 2.05) is 4.90 Å². The second-order valence-corrected chi connectivity index (χ2v) is 6.53. The predicted molar refractivity (Wildman–Crippen MR) is 84.8 cm³/mol. The molecule has 4 nitrogen and oxygen atoms in total. The molecular formula is C16H33N3O. The Labute approximate surface area is 124 Å². The van der Waals surface area contributed by atoms with E-state index in [9.17, 15) is 4.79 Å². The average molecular weight is 283 g/mol. The van der Waals surface area contributed by atoms with Gasteiger partial charge in [0.05, 0.1) is 6.54 Å². The van der Waals surface area contributed by atoms with Crippen molar-refractivity contribution < 1.29 is 4.79 Å². The minimum absolute atomic E-state index is 0.264. The van der Waals surface area contributed by atoms with Crippen LogP contribution < -0.4 is 5.32 Å². The largest absolute Gasteiger partial charge is 0.337 e. The summed E-state index contributed by atoms with van der Waals surface area (Å²) in [6.45, 7) is 15.3. The van der Waals surface area contributed by atoms with Crippen LogP contribution >= 0.6 is 0 Å². The van der Waals surface area contributed by atoms with Crippen molar-refractivity contribution in [3.05, 3.63) is 0 Å². The Balaban J connectivity index is 2.51. The molecule has 1 unspecified atom stereocenters. The van der Waals surface area contributed by atoms with Gasteiger partial charge in [-0.25, -0.2) is 0 Å². The van der Waals surface area contributed by atoms with Crippen molar-refractivity contribution in [2.45, 2.75) is 59.5 Å². The first-order valence-electron chi connectivity index (χ1n) is 8.19. The zero-order valence-electron chi connectivity index (χ0n) is 14.0. The Hall–Kier alpha value is -0.610. The number of nitrogens with one attached hydrogen (secondary N) is 1. The Morgan fingerprint density at radius 1 is 1.25 bits per heavy atom. The summed E-state index contributed by atoms with van der Waals surface area (Å²) in [6.07, 6.45) is 2.55. The molecule has 0 aromatic carbocycles. The van der Waals surface area contributed by atoms with Crippen LogP contribution in [0.25, 0.3) is 0 Å². The van der Waals surface area contributed by atoms with Crippen LogP contribution in [0.1, 0.15) is 47.5 Å². The van der Waals surface area contributed by atoms with E-state index in [1.165, 1.54) is 12.8 Å². The molecule has 1 N–H and O–H groups in total. The Morgan fingerprint density at radius 3 is 2.35 bits per heavy atom. The van der Waals surface area contributed by atoms with Crippen LogP contribution in [-0.4, -0.2) is 60.5 Å². The molecule has 1 atom stereocenters. The number of carbonyl (C=O) groups is 1. The maximum atomic E-state index is 12.5. The van der Waals surface area contributed by atoms with E-state index in [2.05, 4.69) is 44.8 Å². The maximum absolute atomic E-state index is 12.5. The van der Waals surface area contributed by atoms with E-state index < -0.39 is 0 Å². The van der Waals surface area contributed by atoms with Gasteiger partial charge in [-0.3, -0.25) is 9.69 Å². The number of piperidine rings is 1. The molecule has 0 radical (unpaired) electrons. The lowest BCUT2D eigenvalue weighted by Crippen LogP contribution is -2.48. The standard InChI is InChI=1S/C16H33N3O/c1-6-18(11-15-8-7-9-17-10-15)12-16(20)19(13(2)3)14(4)5/h13-15,17H,6-12H2,1-5H3. The minimum Gasteiger partial charge on any atom is -0.337 e. The average Bonchev–Trinajstić information content (AvgIpc) is 2.38. The summed E-state index contributed by atoms with van der Waals surface area (Å²) in [7, 11) is 0. The second kappa shape index (κ2) is 8.63. The van der Waals surface area contributed by atoms with Crippen molar-refractivity contribution in [3.63, 3.8) is 0 Å². The van der Waals surface area contributed by atoms with Crippen molar-refractivity contribution in [2.24, 2.45) is 5.92 Å². The molecule has 0 aromatic rings. The van der Waals surface area contributed by atoms with Gasteiger partial charge >= 0.3 is 0 Å². The predicted octanol–water partition coefficient (Wildman–Crippen LogP) is 1.95. The minimum atomic E-state index is 0.264. The molecule has 0 aliphatic carbocycles. The van der Waals surface area contributed by atoms with Gasteiger partial charge in [-0.1, -0.05) is 6.92 Å². The monoisotopic (exact) mass is 283 g/mol. The van der Waals surface area contributed by atoms with E-state index in [0.717, 1.165) is 26.2 Å². The number of rotatable bonds is 7. The summed E-state index contributed by atoms with van der Waals surface area (Å²) in [5.41, 5.74) is 0. The molecule has 4 heteroatoms. The number of hydrogen-bond acceptors (Lipinski definition) is 3. The summed E-state index contributed by atoms with van der Waals surface area (Å²) in [5.74, 6) is 0.962. The van der Waals surface area contributed by atoms with E-state index >= 15 is 0 Å². The molecule has 1 saturated heterocycles. The van der Waals surface area contributed by atoms with Crippen LogP contribution in [0.2, 0.25) is 0 Å². The summed E-state index contributed by atoms with van der Waals surface area (Å²) in [6, 6.07) is 0.551. The van der Waals surface area contributed by atoms with Gasteiger partial charge in [0.1, 0.15) is 0 Å². The van der Waals surface area contributed by atoms with Crippen LogP contribution in [0.5, 0.6) is 0 Å². The molecule has 0 aromatic heterocycles. The third-order valence-electron chi connectivity index (χ3n) is 4.12. The van der Waals surface area contributed by atoms with Crippen molar-refractivity contribution in [1.82, 2.24) is 15.1 Å². The fraction of sp³-hybridized carbons (Fsp3) is 0.938. The zero-order chi connectivity index (χ0) is 15.1. The molecule has 0 saturated carbocycles. The summed E-state index contributed by atoms with van der Waals surface area (Å²) in [4.78, 5) is 16.8. The van der Waals surface area contributed by atoms with Crippen LogP contribution in [-0.2, 0) is 4.79 Å². The fourth-order valence-electron chi connectivity index (χ4n) is 3.20. The molecular weight excluding hydrogens is 250 g/mol. The molecule has 0 spiro atoms. The smallest absolute Gasteiger partial charge is 0.237 e. The van der Waals surface area contributed by atoms with Gasteiger partial charge in [-0.2, -0.15) is 0 Å². The SMILES string of the molecule is CCN(CC(=O)N(C(C)C)C(C)C)CC1CCCNC1. The normalized spacial score (nSPS) is 19.9. The summed E-state index contributed by atoms with van der Waals surface area (Å²) < 4.78 is 0. The van der Waals surface area contributed by atoms with Crippen molar-refractivity contribution in [2.75, 3.05) is 32.7 Å². The number of likely N-dealkylation sites (N-methyl/N-ethyl adjacent to an activating group) is 1. The third-order valence-corrected chi connectivity index (χ3v) is 4.12. The highest BCUT2D eigenvalue weighted by Gasteiger charge is 2.23. The topological polar surface area (TPSA) is 35.6 Å². The Kier molecular flexibility index (Phi) is 7.52. The highest BCUT2D eigenvalue weighted by Crippen LogP contribution is 2.13. The molecule has 1 aliphatic rings. The lowest BCUT2D eigenvalue weighted by atomic mass is 9.99. The van der Waals surface area contributed by atoms with Gasteiger partial charge in [0.2, 0.25) is 5.91 Å². The van der Waals surface area contributed by atoms with Gasteiger partial charge in [-0.15, -0.1) is 0 Å². The molecule has 118 valence electrons. The molecule has 0 bridgehead atoms. The fourth-order valence-corrected chi connectivity index (χ4v) is 3.20. The first-order valence-corrected chi connectivity index (χ1v) is 8.19. The summed E-state index contributed by atoms with van der Waals surface area (Å²) >= 11 is 0. The van der Waals surface area contributed by atoms with Gasteiger partial charge in [-0.05, 0) is 66.1 Å². The second-order valence-electron chi connectivity index (χ2n) is 6.53. The van der Waals surface area contributed by atoms with Crippen LogP contribution in [0, 0.1) is 5.92 Å². The molecule has 20 heavy (non-hydrogen) atoms. The highest BCUT2D eigenvalue weighted by atomic mass is 16.2. The quantitative estimate of drug-likeness (QED) is 0.776. The van der Waals surface area contributed by atoms with Crippen molar-refractivity contribution >= 4 is 5.91 Å². The van der Waals surface area contributed by atoms with E-state index in [4.69, 9.17) is 0 Å². The van der Waals surface area contributed by atoms with Crippen LogP contribution in [0.15, 0.2) is 0 Å². The first-order chi connectivity index (χ1) is 9.45. The summed E-state index contributed by atoms with van der Waals surface area (Å²) in [5, 5.41) is 3.45. The zero-order valence-corrected chi connectivity index (χ0v) is 14.0. The van der Waals surface area contributed by atoms with E-state index in [1.54, 1.807) is 0 Å². The third kappa shape index (κ3) is 5.41. The molecule has 1 rings (SSSR count). The van der Waals surface area contributed by atoms with Crippen LogP contribution in [0.4, 0.5) is 0 Å². The maximum Gasteiger partial charge on any atom is 0.237 e. The lowest BCUT2D eigenvalue weighted by Gasteiger charge is -2.34. The first kappa shape index (κ1) is 17.4. The Morgan fingerprint density at radius 2 is 1.90 bits per heavy atom. The number of carbonyl (C=O) groups excluding carboxylic acids is 1. The van der Waals surface area contributed by atoms with Crippen molar-refractivity contribution in [1.29, 1.82) is 0 Å². The van der Waals surface area contributed by atoms with Gasteiger partial charge in [0.15, 0.2) is 0 Å². The molecule has 1 fully saturated rings. The molecule has 1 aliphatic heterocycles. The lowest BCUT2D eigenvalue weighted by molar-refractivity contribution is -0.136. The van der Waals surface area contributed by atoms with Gasteiger partial charge < -0.3 is 10.2 Å². The van der Waals surface area contributed by atoms with Crippen LogP contribution in [0.3, 0.4) is 0 Å². The molecule has 1 heterocycles. The highest BCUT2D eigenvalue weighted by molar-refractivity contribution is 5.78. The number of nitrogens with zero attached hydrogens (tertiary/aromatic N) is 2. The molecule has 1 amide bonds. The van der Waals surface area contributed by atoms with E-state index in [0.29, 0.717) is 12.5 Å². The number of hydrogen-bond donors (Lipinski definition) is 1.